The monoisotopic (exact) mass is 391 g/mol. The molecule has 0 spiro atoms. The molecule has 5 nitrogen and oxygen atoms in total. The maximum Gasteiger partial charge on any atom is 0.289 e. The van der Waals surface area contributed by atoms with Gasteiger partial charge in [0.15, 0.2) is 5.76 Å². The van der Waals surface area contributed by atoms with Crippen molar-refractivity contribution in [3.63, 3.8) is 0 Å². The first-order valence-electron chi connectivity index (χ1n) is 9.99. The van der Waals surface area contributed by atoms with Gasteiger partial charge in [-0.3, -0.25) is 4.79 Å². The number of rotatable bonds is 6. The molecule has 1 fully saturated rings. The predicted molar refractivity (Wildman–Crippen MR) is 110 cm³/mol. The van der Waals surface area contributed by atoms with Crippen molar-refractivity contribution in [2.45, 2.75) is 25.6 Å². The third kappa shape index (κ3) is 4.51. The second-order valence-corrected chi connectivity index (χ2v) is 7.36. The van der Waals surface area contributed by atoms with Gasteiger partial charge >= 0.3 is 0 Å². The molecule has 3 aromatic rings. The van der Waals surface area contributed by atoms with Gasteiger partial charge in [0.25, 0.3) is 5.91 Å². The Bertz CT molecular complexity index is 914. The van der Waals surface area contributed by atoms with Gasteiger partial charge in [0.1, 0.15) is 12.4 Å². The van der Waals surface area contributed by atoms with Crippen LogP contribution in [0.1, 0.15) is 40.6 Å². The Labute approximate surface area is 170 Å². The first-order valence-corrected chi connectivity index (χ1v) is 9.99. The smallest absolute Gasteiger partial charge is 0.289 e. The molecule has 0 aliphatic carbocycles. The minimum atomic E-state index is -0.494. The zero-order valence-corrected chi connectivity index (χ0v) is 16.2. The molecule has 1 aromatic heterocycles. The van der Waals surface area contributed by atoms with E-state index in [9.17, 15) is 9.90 Å². The number of likely N-dealkylation sites (tertiary alicyclic amines) is 1. The van der Waals surface area contributed by atoms with E-state index in [1.807, 2.05) is 60.7 Å². The summed E-state index contributed by atoms with van der Waals surface area (Å²) in [6.07, 6.45) is 2.56. The highest BCUT2D eigenvalue weighted by Crippen LogP contribution is 2.31. The quantitative estimate of drug-likeness (QED) is 0.675. The average molecular weight is 391 g/mol. The number of carbonyl (C=O) groups excluding carboxylic acids is 1. The molecule has 1 amide bonds. The van der Waals surface area contributed by atoms with E-state index in [0.717, 1.165) is 29.7 Å². The fourth-order valence-corrected chi connectivity index (χ4v) is 3.80. The average Bonchev–Trinajstić information content (AvgIpc) is 3.27. The number of hydrogen-bond acceptors (Lipinski definition) is 4. The lowest BCUT2D eigenvalue weighted by Crippen LogP contribution is -2.40. The number of benzene rings is 2. The minimum Gasteiger partial charge on any atom is -0.489 e. The molecule has 0 bridgehead atoms. The van der Waals surface area contributed by atoms with E-state index in [0.29, 0.717) is 18.8 Å². The lowest BCUT2D eigenvalue weighted by molar-refractivity contribution is 0.0440. The Hall–Kier alpha value is -3.05. The van der Waals surface area contributed by atoms with Crippen LogP contribution in [0.5, 0.6) is 5.75 Å². The molecule has 1 aliphatic rings. The molecule has 2 aromatic carbocycles. The number of piperidine rings is 1. The van der Waals surface area contributed by atoms with Gasteiger partial charge in [-0.2, -0.15) is 0 Å². The molecule has 1 aliphatic heterocycles. The number of amides is 1. The lowest BCUT2D eigenvalue weighted by Gasteiger charge is -2.34. The number of nitrogens with zero attached hydrogens (tertiary/aromatic N) is 1. The summed E-state index contributed by atoms with van der Waals surface area (Å²) >= 11 is 0. The Balaban J connectivity index is 1.35. The summed E-state index contributed by atoms with van der Waals surface area (Å²) in [6, 6.07) is 21.0. The first kappa shape index (κ1) is 19.3. The van der Waals surface area contributed by atoms with Crippen molar-refractivity contribution < 1.29 is 19.1 Å². The highest BCUT2D eigenvalue weighted by Gasteiger charge is 2.30. The van der Waals surface area contributed by atoms with E-state index < -0.39 is 6.10 Å². The molecular weight excluding hydrogens is 366 g/mol. The lowest BCUT2D eigenvalue weighted by atomic mass is 9.87. The summed E-state index contributed by atoms with van der Waals surface area (Å²) < 4.78 is 11.3. The van der Waals surface area contributed by atoms with Crippen LogP contribution < -0.4 is 4.74 Å². The second-order valence-electron chi connectivity index (χ2n) is 7.36. The Morgan fingerprint density at radius 1 is 1.03 bits per heavy atom. The van der Waals surface area contributed by atoms with Gasteiger partial charge in [0.05, 0.1) is 12.4 Å². The minimum absolute atomic E-state index is 0.116. The zero-order chi connectivity index (χ0) is 20.1. The largest absolute Gasteiger partial charge is 0.489 e. The van der Waals surface area contributed by atoms with Crippen LogP contribution in [-0.4, -0.2) is 29.0 Å². The van der Waals surface area contributed by atoms with Crippen molar-refractivity contribution in [3.8, 4) is 5.75 Å². The van der Waals surface area contributed by atoms with Gasteiger partial charge < -0.3 is 19.2 Å². The number of para-hydroxylation sites is 1. The SMILES string of the molecule is O=C(c1occc1COc1ccccc1)N1CCC(C(O)c2ccccc2)CC1. The summed E-state index contributed by atoms with van der Waals surface area (Å²) in [7, 11) is 0. The first-order chi connectivity index (χ1) is 14.2. The Morgan fingerprint density at radius 3 is 2.38 bits per heavy atom. The molecule has 2 heterocycles. The molecule has 1 N–H and O–H groups in total. The second kappa shape index (κ2) is 8.97. The van der Waals surface area contributed by atoms with Crippen molar-refractivity contribution in [1.29, 1.82) is 0 Å². The van der Waals surface area contributed by atoms with Crippen molar-refractivity contribution in [2.24, 2.45) is 5.92 Å². The van der Waals surface area contributed by atoms with E-state index >= 15 is 0 Å². The summed E-state index contributed by atoms with van der Waals surface area (Å²) in [5, 5.41) is 10.6. The van der Waals surface area contributed by atoms with E-state index in [1.54, 1.807) is 11.0 Å². The molecule has 5 heteroatoms. The fourth-order valence-electron chi connectivity index (χ4n) is 3.80. The van der Waals surface area contributed by atoms with Gasteiger partial charge in [0, 0.05) is 18.7 Å². The third-order valence-electron chi connectivity index (χ3n) is 5.49. The predicted octanol–water partition coefficient (Wildman–Crippen LogP) is 4.44. The number of ether oxygens (including phenoxy) is 1. The van der Waals surface area contributed by atoms with Gasteiger partial charge in [0.2, 0.25) is 0 Å². The van der Waals surface area contributed by atoms with Crippen LogP contribution in [0.25, 0.3) is 0 Å². The Kier molecular flexibility index (Phi) is 5.96. The van der Waals surface area contributed by atoms with Crippen LogP contribution in [0.2, 0.25) is 0 Å². The van der Waals surface area contributed by atoms with Crippen molar-refractivity contribution in [3.05, 3.63) is 89.9 Å². The van der Waals surface area contributed by atoms with Crippen LogP contribution in [0.15, 0.2) is 77.4 Å². The summed E-state index contributed by atoms with van der Waals surface area (Å²) in [5.41, 5.74) is 1.67. The molecule has 150 valence electrons. The topological polar surface area (TPSA) is 62.9 Å². The van der Waals surface area contributed by atoms with Crippen molar-refractivity contribution in [1.82, 2.24) is 4.90 Å². The molecular formula is C24H25NO4. The van der Waals surface area contributed by atoms with E-state index in [1.165, 1.54) is 6.26 Å². The molecule has 0 radical (unpaired) electrons. The van der Waals surface area contributed by atoms with Gasteiger partial charge in [-0.15, -0.1) is 0 Å². The van der Waals surface area contributed by atoms with Gasteiger partial charge in [-0.05, 0) is 42.5 Å². The number of carbonyl (C=O) groups is 1. The van der Waals surface area contributed by atoms with Crippen LogP contribution in [0.4, 0.5) is 0 Å². The maximum atomic E-state index is 13.0. The number of aliphatic hydroxyl groups is 1. The molecule has 29 heavy (non-hydrogen) atoms. The fraction of sp³-hybridized carbons (Fsp3) is 0.292. The maximum absolute atomic E-state index is 13.0. The third-order valence-corrected chi connectivity index (χ3v) is 5.49. The summed E-state index contributed by atoms with van der Waals surface area (Å²) in [5.74, 6) is 1.12. The van der Waals surface area contributed by atoms with Crippen LogP contribution in [0.3, 0.4) is 0 Å². The molecule has 4 rings (SSSR count). The zero-order valence-electron chi connectivity index (χ0n) is 16.2. The molecule has 1 atom stereocenters. The summed E-state index contributed by atoms with van der Waals surface area (Å²) in [6.45, 7) is 1.49. The normalized spacial score (nSPS) is 15.8. The van der Waals surface area contributed by atoms with Gasteiger partial charge in [-0.25, -0.2) is 0 Å². The van der Waals surface area contributed by atoms with Crippen molar-refractivity contribution >= 4 is 5.91 Å². The van der Waals surface area contributed by atoms with Crippen molar-refractivity contribution in [2.75, 3.05) is 13.1 Å². The number of furan rings is 1. The number of aliphatic hydroxyl groups excluding tert-OH is 1. The molecule has 1 unspecified atom stereocenters. The molecule has 0 saturated carbocycles. The Morgan fingerprint density at radius 2 is 1.69 bits per heavy atom. The number of hydrogen-bond donors (Lipinski definition) is 1. The van der Waals surface area contributed by atoms with Crippen LogP contribution in [-0.2, 0) is 6.61 Å². The highest BCUT2D eigenvalue weighted by atomic mass is 16.5. The van der Waals surface area contributed by atoms with E-state index in [-0.39, 0.29) is 18.4 Å². The van der Waals surface area contributed by atoms with Crippen LogP contribution in [0, 0.1) is 5.92 Å². The van der Waals surface area contributed by atoms with Crippen LogP contribution >= 0.6 is 0 Å². The van der Waals surface area contributed by atoms with E-state index in [4.69, 9.17) is 9.15 Å². The molecule has 1 saturated heterocycles. The standard InChI is InChI=1S/C24H25NO4/c26-22(18-7-3-1-4-8-18)19-11-14-25(15-12-19)24(27)23-20(13-16-28-23)17-29-21-9-5-2-6-10-21/h1-10,13,16,19,22,26H,11-12,14-15,17H2. The summed E-state index contributed by atoms with van der Waals surface area (Å²) in [4.78, 5) is 14.8. The van der Waals surface area contributed by atoms with E-state index in [2.05, 4.69) is 0 Å². The van der Waals surface area contributed by atoms with Gasteiger partial charge in [-0.1, -0.05) is 48.5 Å². The highest BCUT2D eigenvalue weighted by molar-refractivity contribution is 5.93.